The summed E-state index contributed by atoms with van der Waals surface area (Å²) in [4.78, 5) is 11.7. The molecular weight excluding hydrogens is 230 g/mol. The summed E-state index contributed by atoms with van der Waals surface area (Å²) in [5.41, 5.74) is 2.25. The molecule has 4 nitrogen and oxygen atoms in total. The minimum Gasteiger partial charge on any atom is -0.493 e. The van der Waals surface area contributed by atoms with E-state index in [0.29, 0.717) is 19.6 Å². The van der Waals surface area contributed by atoms with E-state index in [1.165, 1.54) is 5.56 Å². The van der Waals surface area contributed by atoms with Gasteiger partial charge < -0.3 is 14.8 Å². The number of fused-ring (bicyclic) bond motifs is 1. The van der Waals surface area contributed by atoms with Gasteiger partial charge in [0.1, 0.15) is 5.75 Å². The van der Waals surface area contributed by atoms with Crippen LogP contribution in [0.1, 0.15) is 17.5 Å². The van der Waals surface area contributed by atoms with Crippen molar-refractivity contribution in [3.8, 4) is 5.75 Å². The number of aryl methyl sites for hydroxylation is 1. The second-order valence-electron chi connectivity index (χ2n) is 4.41. The maximum Gasteiger partial charge on any atom is 0.224 e. The Hall–Kier alpha value is -1.55. The van der Waals surface area contributed by atoms with E-state index >= 15 is 0 Å². The average Bonchev–Trinajstić information content (AvgIpc) is 2.39. The Morgan fingerprint density at radius 3 is 3.22 bits per heavy atom. The van der Waals surface area contributed by atoms with Gasteiger partial charge in [-0.2, -0.15) is 0 Å². The van der Waals surface area contributed by atoms with Crippen molar-refractivity contribution in [3.63, 3.8) is 0 Å². The first-order valence-corrected chi connectivity index (χ1v) is 6.30. The molecule has 1 amide bonds. The third kappa shape index (κ3) is 3.47. The van der Waals surface area contributed by atoms with Gasteiger partial charge in [-0.15, -0.1) is 0 Å². The largest absolute Gasteiger partial charge is 0.493 e. The van der Waals surface area contributed by atoms with Crippen LogP contribution < -0.4 is 10.1 Å². The smallest absolute Gasteiger partial charge is 0.224 e. The Morgan fingerprint density at radius 1 is 1.50 bits per heavy atom. The fraction of sp³-hybridized carbons (Fsp3) is 0.500. The maximum absolute atomic E-state index is 11.7. The second kappa shape index (κ2) is 6.40. The molecule has 0 aromatic heterocycles. The molecule has 0 radical (unpaired) electrons. The maximum atomic E-state index is 11.7. The van der Waals surface area contributed by atoms with Crippen molar-refractivity contribution in [2.24, 2.45) is 0 Å². The average molecular weight is 249 g/mol. The molecule has 0 unspecified atom stereocenters. The number of carbonyl (C=O) groups is 1. The zero-order valence-corrected chi connectivity index (χ0v) is 10.7. The topological polar surface area (TPSA) is 47.6 Å². The van der Waals surface area contributed by atoms with Crippen molar-refractivity contribution in [2.45, 2.75) is 19.3 Å². The molecule has 0 spiro atoms. The van der Waals surface area contributed by atoms with E-state index in [1.54, 1.807) is 7.11 Å². The van der Waals surface area contributed by atoms with Gasteiger partial charge in [0.25, 0.3) is 0 Å². The standard InChI is InChI=1S/C14H19NO3/c1-17-8-6-15-14(16)10-11-4-5-13-12(9-11)3-2-7-18-13/h4-5,9H,2-3,6-8,10H2,1H3,(H,15,16). The number of carbonyl (C=O) groups excluding carboxylic acids is 1. The lowest BCUT2D eigenvalue weighted by atomic mass is 10.0. The normalized spacial score (nSPS) is 13.6. The summed E-state index contributed by atoms with van der Waals surface area (Å²) in [6.07, 6.45) is 2.50. The minimum atomic E-state index is 0.0312. The third-order valence-electron chi connectivity index (χ3n) is 2.97. The van der Waals surface area contributed by atoms with Gasteiger partial charge in [0.2, 0.25) is 5.91 Å². The predicted molar refractivity (Wildman–Crippen MR) is 68.8 cm³/mol. The lowest BCUT2D eigenvalue weighted by Gasteiger charge is -2.17. The summed E-state index contributed by atoms with van der Waals surface area (Å²) in [6, 6.07) is 6.00. The van der Waals surface area contributed by atoms with Gasteiger partial charge in [-0.1, -0.05) is 12.1 Å². The molecule has 0 aliphatic carbocycles. The van der Waals surface area contributed by atoms with Gasteiger partial charge in [-0.05, 0) is 30.0 Å². The molecule has 1 heterocycles. The van der Waals surface area contributed by atoms with Gasteiger partial charge >= 0.3 is 0 Å². The van der Waals surface area contributed by atoms with Gasteiger partial charge in [-0.25, -0.2) is 0 Å². The van der Waals surface area contributed by atoms with Crippen molar-refractivity contribution in [1.29, 1.82) is 0 Å². The van der Waals surface area contributed by atoms with E-state index in [-0.39, 0.29) is 5.91 Å². The predicted octanol–water partition coefficient (Wildman–Crippen LogP) is 1.32. The van der Waals surface area contributed by atoms with Crippen LogP contribution in [0.25, 0.3) is 0 Å². The molecule has 0 bridgehead atoms. The Balaban J connectivity index is 1.91. The molecule has 0 saturated carbocycles. The van der Waals surface area contributed by atoms with E-state index in [0.717, 1.165) is 30.8 Å². The zero-order chi connectivity index (χ0) is 12.8. The van der Waals surface area contributed by atoms with Crippen LogP contribution in [-0.4, -0.2) is 32.8 Å². The molecule has 0 saturated heterocycles. The van der Waals surface area contributed by atoms with E-state index in [2.05, 4.69) is 11.4 Å². The molecule has 1 aliphatic heterocycles. The fourth-order valence-corrected chi connectivity index (χ4v) is 2.06. The molecule has 1 aliphatic rings. The van der Waals surface area contributed by atoms with E-state index in [9.17, 15) is 4.79 Å². The van der Waals surface area contributed by atoms with Crippen LogP contribution in [-0.2, 0) is 22.4 Å². The highest BCUT2D eigenvalue weighted by atomic mass is 16.5. The lowest BCUT2D eigenvalue weighted by molar-refractivity contribution is -0.120. The SMILES string of the molecule is COCCNC(=O)Cc1ccc2c(c1)CCCO2. The molecule has 0 atom stereocenters. The van der Waals surface area contributed by atoms with Crippen LogP contribution >= 0.6 is 0 Å². The van der Waals surface area contributed by atoms with Crippen LogP contribution in [0.4, 0.5) is 0 Å². The van der Waals surface area contributed by atoms with Crippen molar-refractivity contribution in [2.75, 3.05) is 26.9 Å². The first-order valence-electron chi connectivity index (χ1n) is 6.30. The molecule has 1 aromatic carbocycles. The zero-order valence-electron chi connectivity index (χ0n) is 10.7. The molecule has 4 heteroatoms. The summed E-state index contributed by atoms with van der Waals surface area (Å²) in [6.45, 7) is 1.90. The van der Waals surface area contributed by atoms with Gasteiger partial charge in [-0.3, -0.25) is 4.79 Å². The number of amides is 1. The highest BCUT2D eigenvalue weighted by Gasteiger charge is 2.11. The number of methoxy groups -OCH3 is 1. The number of hydrogen-bond acceptors (Lipinski definition) is 3. The number of ether oxygens (including phenoxy) is 2. The van der Waals surface area contributed by atoms with E-state index in [1.807, 2.05) is 12.1 Å². The van der Waals surface area contributed by atoms with Gasteiger partial charge in [0.15, 0.2) is 0 Å². The Bertz CT molecular complexity index is 418. The van der Waals surface area contributed by atoms with Crippen LogP contribution in [0.2, 0.25) is 0 Å². The minimum absolute atomic E-state index is 0.0312. The summed E-state index contributed by atoms with van der Waals surface area (Å²) in [7, 11) is 1.62. The number of hydrogen-bond donors (Lipinski definition) is 1. The number of benzene rings is 1. The molecular formula is C14H19NO3. The third-order valence-corrected chi connectivity index (χ3v) is 2.97. The van der Waals surface area contributed by atoms with Crippen LogP contribution in [0.5, 0.6) is 5.75 Å². The Kier molecular flexibility index (Phi) is 4.59. The van der Waals surface area contributed by atoms with E-state index in [4.69, 9.17) is 9.47 Å². The van der Waals surface area contributed by atoms with Crippen molar-refractivity contribution in [1.82, 2.24) is 5.32 Å². The van der Waals surface area contributed by atoms with Crippen molar-refractivity contribution >= 4 is 5.91 Å². The first kappa shape index (κ1) is 12.9. The Labute approximate surface area is 107 Å². The van der Waals surface area contributed by atoms with Crippen molar-refractivity contribution in [3.05, 3.63) is 29.3 Å². The quantitative estimate of drug-likeness (QED) is 0.801. The molecule has 18 heavy (non-hydrogen) atoms. The number of nitrogens with one attached hydrogen (secondary N) is 1. The highest BCUT2D eigenvalue weighted by molar-refractivity contribution is 5.78. The van der Waals surface area contributed by atoms with Crippen LogP contribution in [0, 0.1) is 0 Å². The van der Waals surface area contributed by atoms with Gasteiger partial charge in [0.05, 0.1) is 19.6 Å². The molecule has 2 rings (SSSR count). The number of rotatable bonds is 5. The van der Waals surface area contributed by atoms with Crippen LogP contribution in [0.3, 0.4) is 0 Å². The molecule has 1 aromatic rings. The highest BCUT2D eigenvalue weighted by Crippen LogP contribution is 2.25. The molecule has 0 fully saturated rings. The summed E-state index contributed by atoms with van der Waals surface area (Å²) in [5.74, 6) is 0.994. The van der Waals surface area contributed by atoms with Gasteiger partial charge in [0, 0.05) is 13.7 Å². The van der Waals surface area contributed by atoms with Crippen molar-refractivity contribution < 1.29 is 14.3 Å². The lowest BCUT2D eigenvalue weighted by Crippen LogP contribution is -2.28. The summed E-state index contributed by atoms with van der Waals surface area (Å²) in [5, 5.41) is 2.82. The monoisotopic (exact) mass is 249 g/mol. The summed E-state index contributed by atoms with van der Waals surface area (Å²) < 4.78 is 10.4. The fourth-order valence-electron chi connectivity index (χ4n) is 2.06. The second-order valence-corrected chi connectivity index (χ2v) is 4.41. The van der Waals surface area contributed by atoms with E-state index < -0.39 is 0 Å². The first-order chi connectivity index (χ1) is 8.79. The summed E-state index contributed by atoms with van der Waals surface area (Å²) >= 11 is 0. The Morgan fingerprint density at radius 2 is 2.39 bits per heavy atom. The van der Waals surface area contributed by atoms with Crippen LogP contribution in [0.15, 0.2) is 18.2 Å². The molecule has 98 valence electrons. The molecule has 1 N–H and O–H groups in total.